The molecule has 0 aromatic heterocycles. The van der Waals surface area contributed by atoms with Gasteiger partial charge in [-0.3, -0.25) is 0 Å². The summed E-state index contributed by atoms with van der Waals surface area (Å²) in [5.41, 5.74) is 0. The Morgan fingerprint density at radius 3 is 2.73 bits per heavy atom. The Labute approximate surface area is 111 Å². The molecule has 1 rings (SSSR count). The van der Waals surface area contributed by atoms with E-state index in [2.05, 4.69) is 35.8 Å². The fourth-order valence-electron chi connectivity index (χ4n) is 0.907. The lowest BCUT2D eigenvalue weighted by Gasteiger charge is -1.97. The molecule has 0 aliphatic carbocycles. The van der Waals surface area contributed by atoms with E-state index in [1.54, 1.807) is 10.8 Å². The molecule has 0 N–H and O–H groups in total. The molecular weight excluding hydrogens is 280 g/mol. The average molecular weight is 295 g/mol. The summed E-state index contributed by atoms with van der Waals surface area (Å²) in [5, 5.41) is 2.12. The molecule has 0 aromatic rings. The molecule has 0 saturated carbocycles. The molecule has 1 heterocycles. The summed E-state index contributed by atoms with van der Waals surface area (Å²) in [6, 6.07) is 0. The molecule has 0 spiro atoms. The largest absolute Gasteiger partial charge is 0.0845 e. The van der Waals surface area contributed by atoms with Gasteiger partial charge in [-0.25, -0.2) is 0 Å². The van der Waals surface area contributed by atoms with E-state index in [0.717, 1.165) is 0 Å². The third-order valence-electron chi connectivity index (χ3n) is 1.59. The highest BCUT2D eigenvalue weighted by atomic mass is 33.8. The maximum atomic E-state index is 2.25. The average Bonchev–Trinajstić information content (AvgIpc) is 2.27. The van der Waals surface area contributed by atoms with E-state index in [-0.39, 0.29) is 0 Å². The minimum Gasteiger partial charge on any atom is -0.0845 e. The van der Waals surface area contributed by atoms with Gasteiger partial charge in [-0.15, -0.1) is 0 Å². The van der Waals surface area contributed by atoms with E-state index in [1.807, 2.05) is 40.3 Å². The van der Waals surface area contributed by atoms with E-state index in [4.69, 9.17) is 0 Å². The fraction of sp³-hybridized carbons (Fsp3) is 0.400. The number of hydrogen-bond acceptors (Lipinski definition) is 5. The maximum absolute atomic E-state index is 2.25. The first-order valence-corrected chi connectivity index (χ1v) is 11.1. The first-order valence-electron chi connectivity index (χ1n) is 4.77. The molecule has 5 heteroatoms. The van der Waals surface area contributed by atoms with Crippen molar-refractivity contribution in [2.45, 2.75) is 19.3 Å². The van der Waals surface area contributed by atoms with Crippen molar-refractivity contribution in [1.82, 2.24) is 0 Å². The maximum Gasteiger partial charge on any atom is 0.00455 e. The Hall–Kier alpha value is 0.970. The monoisotopic (exact) mass is 294 g/mol. The van der Waals surface area contributed by atoms with Crippen LogP contribution in [0.25, 0.3) is 0 Å². The molecule has 0 amide bonds. The van der Waals surface area contributed by atoms with Crippen molar-refractivity contribution >= 4 is 51.1 Å². The van der Waals surface area contributed by atoms with Crippen molar-refractivity contribution in [2.24, 2.45) is 0 Å². The zero-order valence-electron chi connectivity index (χ0n) is 8.33. The predicted molar refractivity (Wildman–Crippen MR) is 84.1 cm³/mol. The fourth-order valence-corrected chi connectivity index (χ4v) is 9.00. The molecule has 0 unspecified atom stereocenters. The molecule has 84 valence electrons. The molecule has 0 aromatic carbocycles. The predicted octanol–water partition coefficient (Wildman–Crippen LogP) is 6.12. The van der Waals surface area contributed by atoms with Crippen LogP contribution in [-0.2, 0) is 0 Å². The Kier molecular flexibility index (Phi) is 10.7. The van der Waals surface area contributed by atoms with Gasteiger partial charge in [0.1, 0.15) is 0 Å². The Morgan fingerprint density at radius 2 is 1.73 bits per heavy atom. The smallest absolute Gasteiger partial charge is 0.00455 e. The van der Waals surface area contributed by atoms with Gasteiger partial charge in [-0.05, 0) is 54.1 Å². The Morgan fingerprint density at radius 1 is 0.800 bits per heavy atom. The first kappa shape index (κ1) is 14.0. The lowest BCUT2D eigenvalue weighted by Crippen LogP contribution is -1.75. The van der Waals surface area contributed by atoms with Crippen LogP contribution < -0.4 is 0 Å². The molecule has 0 nitrogen and oxygen atoms in total. The van der Waals surface area contributed by atoms with E-state index in [0.29, 0.717) is 0 Å². The molecule has 1 aliphatic heterocycles. The van der Waals surface area contributed by atoms with Crippen LogP contribution in [0, 0.1) is 0 Å². The highest BCUT2D eigenvalue weighted by molar-refractivity contribution is 9.35. The summed E-state index contributed by atoms with van der Waals surface area (Å²) in [7, 11) is 9.31. The number of rotatable bonds is 0. The van der Waals surface area contributed by atoms with E-state index in [9.17, 15) is 0 Å². The molecule has 1 aliphatic rings. The van der Waals surface area contributed by atoms with Crippen molar-refractivity contribution in [3.8, 4) is 0 Å². The zero-order chi connectivity index (χ0) is 10.6. The van der Waals surface area contributed by atoms with Gasteiger partial charge >= 0.3 is 0 Å². The summed E-state index contributed by atoms with van der Waals surface area (Å²) < 4.78 is 0. The van der Waals surface area contributed by atoms with Crippen molar-refractivity contribution in [3.05, 3.63) is 35.8 Å². The Balaban J connectivity index is 2.25. The molecule has 0 radical (unpaired) electrons. The van der Waals surface area contributed by atoms with Crippen molar-refractivity contribution < 1.29 is 0 Å². The van der Waals surface area contributed by atoms with Crippen molar-refractivity contribution in [2.75, 3.05) is 5.75 Å². The summed E-state index contributed by atoms with van der Waals surface area (Å²) >= 11 is 0. The quantitative estimate of drug-likeness (QED) is 0.492. The second-order valence-corrected chi connectivity index (χ2v) is 10.5. The molecule has 0 bridgehead atoms. The summed E-state index contributed by atoms with van der Waals surface area (Å²) in [6.45, 7) is 0. The van der Waals surface area contributed by atoms with E-state index in [1.165, 1.54) is 25.0 Å². The highest BCUT2D eigenvalue weighted by Crippen LogP contribution is 2.48. The van der Waals surface area contributed by atoms with Gasteiger partial charge < -0.3 is 0 Å². The Bertz CT molecular complexity index is 200. The highest BCUT2D eigenvalue weighted by Gasteiger charge is 1.92. The van der Waals surface area contributed by atoms with Gasteiger partial charge in [0, 0.05) is 5.75 Å². The van der Waals surface area contributed by atoms with Gasteiger partial charge in [-0.1, -0.05) is 52.0 Å². The normalized spacial score (nSPS) is 22.9. The summed E-state index contributed by atoms with van der Waals surface area (Å²) in [6.07, 6.45) is 14.5. The summed E-state index contributed by atoms with van der Waals surface area (Å²) in [5.74, 6) is 1.27. The van der Waals surface area contributed by atoms with Crippen LogP contribution in [0.4, 0.5) is 0 Å². The lowest BCUT2D eigenvalue weighted by molar-refractivity contribution is 0.824. The standard InChI is InChI=1S/C10H14S5/c1-2-4-6-8-10-12-14-15-13-11-9-7-5-3-1/h1-3,5,7,9H,4,6,8,10H2/b2-1+,5-3?,9-7?. The van der Waals surface area contributed by atoms with E-state index < -0.39 is 0 Å². The SMILES string of the molecule is C1=C/C=C/CCCCSSSSSC=C1. The third-order valence-corrected chi connectivity index (χ3v) is 9.87. The van der Waals surface area contributed by atoms with Crippen LogP contribution in [0.15, 0.2) is 35.8 Å². The van der Waals surface area contributed by atoms with Crippen LogP contribution in [0.5, 0.6) is 0 Å². The van der Waals surface area contributed by atoms with Crippen LogP contribution in [0.1, 0.15) is 19.3 Å². The zero-order valence-corrected chi connectivity index (χ0v) is 12.4. The van der Waals surface area contributed by atoms with Gasteiger partial charge in [0.15, 0.2) is 0 Å². The van der Waals surface area contributed by atoms with Crippen LogP contribution >= 0.6 is 51.1 Å². The second-order valence-electron chi connectivity index (χ2n) is 2.76. The van der Waals surface area contributed by atoms with Crippen molar-refractivity contribution in [1.29, 1.82) is 0 Å². The van der Waals surface area contributed by atoms with Gasteiger partial charge in [0.25, 0.3) is 0 Å². The summed E-state index contributed by atoms with van der Waals surface area (Å²) in [4.78, 5) is 0. The second kappa shape index (κ2) is 11.5. The molecule has 0 atom stereocenters. The van der Waals surface area contributed by atoms with E-state index >= 15 is 0 Å². The molecule has 0 fully saturated rings. The van der Waals surface area contributed by atoms with Gasteiger partial charge in [0.05, 0.1) is 0 Å². The number of allylic oxidation sites excluding steroid dienone is 5. The van der Waals surface area contributed by atoms with Crippen molar-refractivity contribution in [3.63, 3.8) is 0 Å². The molecule has 0 saturated heterocycles. The van der Waals surface area contributed by atoms with Crippen LogP contribution in [-0.4, -0.2) is 5.75 Å². The molecular formula is C10H14S5. The first-order chi connectivity index (χ1) is 7.50. The topological polar surface area (TPSA) is 0 Å². The number of hydrogen-bond donors (Lipinski definition) is 0. The minimum atomic E-state index is 1.20. The van der Waals surface area contributed by atoms with Gasteiger partial charge in [0.2, 0.25) is 0 Å². The van der Waals surface area contributed by atoms with Gasteiger partial charge in [-0.2, -0.15) is 0 Å². The lowest BCUT2D eigenvalue weighted by atomic mass is 10.2. The molecule has 15 heavy (non-hydrogen) atoms. The van der Waals surface area contributed by atoms with Crippen LogP contribution in [0.3, 0.4) is 0 Å². The third kappa shape index (κ3) is 9.87. The minimum absolute atomic E-state index is 1.20. The van der Waals surface area contributed by atoms with Crippen LogP contribution in [0.2, 0.25) is 0 Å².